The van der Waals surface area contributed by atoms with Gasteiger partial charge in [-0.15, -0.1) is 0 Å². The zero-order valence-electron chi connectivity index (χ0n) is 19.7. The summed E-state index contributed by atoms with van der Waals surface area (Å²) in [6.45, 7) is 2.77. The van der Waals surface area contributed by atoms with E-state index >= 15 is 0 Å². The lowest BCUT2D eigenvalue weighted by Crippen LogP contribution is -2.13. The predicted octanol–water partition coefficient (Wildman–Crippen LogP) is 7.04. The molecule has 0 bridgehead atoms. The summed E-state index contributed by atoms with van der Waals surface area (Å²) in [7, 11) is 0. The van der Waals surface area contributed by atoms with Crippen molar-refractivity contribution in [2.24, 2.45) is 11.0 Å². The Balaban J connectivity index is 1.29. The number of anilines is 1. The number of benzene rings is 2. The van der Waals surface area contributed by atoms with Gasteiger partial charge < -0.3 is 9.15 Å². The summed E-state index contributed by atoms with van der Waals surface area (Å²) in [5, 5.41) is 13.7. The molecule has 1 aliphatic carbocycles. The predicted molar refractivity (Wildman–Crippen MR) is 134 cm³/mol. The minimum atomic E-state index is 0.255. The van der Waals surface area contributed by atoms with E-state index in [4.69, 9.17) is 9.15 Å². The van der Waals surface area contributed by atoms with E-state index in [1.54, 1.807) is 6.21 Å². The Hall–Kier alpha value is -3.59. The van der Waals surface area contributed by atoms with Crippen molar-refractivity contribution in [1.29, 1.82) is 5.26 Å². The second-order valence-corrected chi connectivity index (χ2v) is 8.91. The summed E-state index contributed by atoms with van der Waals surface area (Å²) in [5.74, 6) is 2.87. The molecule has 1 fully saturated rings. The molecule has 0 spiro atoms. The number of nitrogens with zero attached hydrogens (tertiary/aromatic N) is 3. The number of aromatic nitrogens is 1. The van der Waals surface area contributed by atoms with Crippen LogP contribution in [-0.2, 0) is 6.61 Å². The van der Waals surface area contributed by atoms with Gasteiger partial charge in [0, 0.05) is 5.92 Å². The fourth-order valence-electron chi connectivity index (χ4n) is 4.41. The molecule has 6 nitrogen and oxygen atoms in total. The lowest BCUT2D eigenvalue weighted by Gasteiger charge is -2.26. The quantitative estimate of drug-likeness (QED) is 0.261. The molecule has 176 valence electrons. The second kappa shape index (κ2) is 12.0. The highest BCUT2D eigenvalue weighted by molar-refractivity contribution is 5.80. The summed E-state index contributed by atoms with van der Waals surface area (Å²) >= 11 is 0. The maximum Gasteiger partial charge on any atom is 0.252 e. The molecule has 6 heteroatoms. The number of nitrogens with one attached hydrogen (secondary N) is 1. The highest BCUT2D eigenvalue weighted by Crippen LogP contribution is 2.38. The highest BCUT2D eigenvalue weighted by atomic mass is 16.5. The third kappa shape index (κ3) is 6.48. The van der Waals surface area contributed by atoms with Crippen LogP contribution < -0.4 is 10.2 Å². The molecule has 0 amide bonds. The van der Waals surface area contributed by atoms with Crippen LogP contribution in [0.25, 0.3) is 0 Å². The topological polar surface area (TPSA) is 83.4 Å². The van der Waals surface area contributed by atoms with Crippen LogP contribution >= 0.6 is 0 Å². The Kier molecular flexibility index (Phi) is 8.34. The van der Waals surface area contributed by atoms with Gasteiger partial charge in [-0.2, -0.15) is 10.4 Å². The minimum absolute atomic E-state index is 0.255. The van der Waals surface area contributed by atoms with Crippen LogP contribution in [0, 0.1) is 17.2 Å². The van der Waals surface area contributed by atoms with Gasteiger partial charge in [-0.1, -0.05) is 56.5 Å². The van der Waals surface area contributed by atoms with Crippen molar-refractivity contribution >= 4 is 12.1 Å². The number of hydrogen-bond donors (Lipinski definition) is 1. The molecule has 0 unspecified atom stereocenters. The van der Waals surface area contributed by atoms with Gasteiger partial charge in [0.05, 0.1) is 6.21 Å². The number of hydrazone groups is 1. The van der Waals surface area contributed by atoms with Crippen molar-refractivity contribution < 1.29 is 9.15 Å². The van der Waals surface area contributed by atoms with E-state index in [0.717, 1.165) is 35.6 Å². The van der Waals surface area contributed by atoms with Crippen LogP contribution in [0.15, 0.2) is 64.1 Å². The third-order valence-corrected chi connectivity index (χ3v) is 6.42. The lowest BCUT2D eigenvalue weighted by atomic mass is 9.80. The van der Waals surface area contributed by atoms with Gasteiger partial charge in [0.15, 0.2) is 0 Å². The van der Waals surface area contributed by atoms with E-state index in [1.807, 2.05) is 54.6 Å². The van der Waals surface area contributed by atoms with Gasteiger partial charge >= 0.3 is 0 Å². The molecule has 4 rings (SSSR count). The maximum absolute atomic E-state index is 9.47. The average molecular weight is 457 g/mol. The standard InChI is InChI=1S/C28H32N4O2/c1-2-3-7-21-10-14-24(15-11-21)27-31-26(18-29)28(34-27)32-30-19-22-12-16-25(17-13-22)33-20-23-8-5-4-6-9-23/h4-6,8-9,12-13,16-17,19,21,24,32H,2-3,7,10-11,14-15,20H2,1H3/b30-19-. The molecule has 0 atom stereocenters. The molecule has 1 heterocycles. The summed E-state index contributed by atoms with van der Waals surface area (Å²) in [5.41, 5.74) is 5.14. The Morgan fingerprint density at radius 2 is 1.88 bits per heavy atom. The van der Waals surface area contributed by atoms with Crippen LogP contribution in [0.2, 0.25) is 0 Å². The zero-order chi connectivity index (χ0) is 23.6. The van der Waals surface area contributed by atoms with Gasteiger partial charge in [-0.3, -0.25) is 0 Å². The van der Waals surface area contributed by atoms with Crippen LogP contribution in [0.1, 0.15) is 80.5 Å². The van der Waals surface area contributed by atoms with Crippen molar-refractivity contribution in [2.75, 3.05) is 5.43 Å². The number of rotatable bonds is 10. The Morgan fingerprint density at radius 1 is 1.12 bits per heavy atom. The summed E-state index contributed by atoms with van der Waals surface area (Å²) in [6.07, 6.45) is 10.1. The average Bonchev–Trinajstić information content (AvgIpc) is 3.31. The van der Waals surface area contributed by atoms with Crippen LogP contribution in [-0.4, -0.2) is 11.2 Å². The number of unbranched alkanes of at least 4 members (excludes halogenated alkanes) is 1. The van der Waals surface area contributed by atoms with E-state index < -0.39 is 0 Å². The van der Waals surface area contributed by atoms with E-state index in [9.17, 15) is 5.26 Å². The number of ether oxygens (including phenoxy) is 1. The van der Waals surface area contributed by atoms with Crippen molar-refractivity contribution in [3.63, 3.8) is 0 Å². The largest absolute Gasteiger partial charge is 0.489 e. The van der Waals surface area contributed by atoms with Crippen molar-refractivity contribution in [3.8, 4) is 11.8 Å². The molecule has 1 saturated carbocycles. The van der Waals surface area contributed by atoms with Crippen LogP contribution in [0.4, 0.5) is 5.88 Å². The summed E-state index contributed by atoms with van der Waals surface area (Å²) < 4.78 is 11.7. The van der Waals surface area contributed by atoms with E-state index in [2.05, 4.69) is 28.5 Å². The van der Waals surface area contributed by atoms with Crippen LogP contribution in [0.5, 0.6) is 5.75 Å². The molecule has 1 N–H and O–H groups in total. The first-order valence-electron chi connectivity index (χ1n) is 12.2. The fraction of sp³-hybridized carbons (Fsp3) is 0.393. The molecular weight excluding hydrogens is 424 g/mol. The first kappa shape index (κ1) is 23.6. The number of hydrogen-bond acceptors (Lipinski definition) is 6. The first-order valence-corrected chi connectivity index (χ1v) is 12.2. The van der Waals surface area contributed by atoms with Crippen molar-refractivity contribution in [3.05, 3.63) is 77.3 Å². The van der Waals surface area contributed by atoms with E-state index in [-0.39, 0.29) is 11.6 Å². The lowest BCUT2D eigenvalue weighted by molar-refractivity contribution is 0.278. The van der Waals surface area contributed by atoms with Crippen LogP contribution in [0.3, 0.4) is 0 Å². The van der Waals surface area contributed by atoms with Gasteiger partial charge in [-0.05, 0) is 67.0 Å². The molecule has 3 aromatic rings. The number of nitriles is 1. The highest BCUT2D eigenvalue weighted by Gasteiger charge is 2.27. The smallest absolute Gasteiger partial charge is 0.252 e. The van der Waals surface area contributed by atoms with Gasteiger partial charge in [0.1, 0.15) is 18.4 Å². The molecule has 2 aromatic carbocycles. The van der Waals surface area contributed by atoms with Crippen molar-refractivity contribution in [1.82, 2.24) is 4.98 Å². The third-order valence-electron chi connectivity index (χ3n) is 6.42. The Morgan fingerprint density at radius 3 is 2.59 bits per heavy atom. The van der Waals surface area contributed by atoms with Gasteiger partial charge in [0.25, 0.3) is 5.88 Å². The second-order valence-electron chi connectivity index (χ2n) is 8.91. The molecule has 0 saturated heterocycles. The minimum Gasteiger partial charge on any atom is -0.489 e. The molecule has 1 aliphatic rings. The monoisotopic (exact) mass is 456 g/mol. The van der Waals surface area contributed by atoms with Gasteiger partial charge in [-0.25, -0.2) is 10.4 Å². The molecule has 34 heavy (non-hydrogen) atoms. The van der Waals surface area contributed by atoms with E-state index in [0.29, 0.717) is 18.4 Å². The van der Waals surface area contributed by atoms with E-state index in [1.165, 1.54) is 32.1 Å². The fourth-order valence-corrected chi connectivity index (χ4v) is 4.41. The maximum atomic E-state index is 9.47. The first-order chi connectivity index (χ1) is 16.7. The Labute approximate surface area is 201 Å². The normalized spacial score (nSPS) is 18.0. The summed E-state index contributed by atoms with van der Waals surface area (Å²) in [4.78, 5) is 4.44. The Bertz CT molecular complexity index is 1090. The SMILES string of the molecule is CCCCC1CCC(c2nc(C#N)c(N/N=C\c3ccc(OCc4ccccc4)cc3)o2)CC1. The molecule has 0 aliphatic heterocycles. The van der Waals surface area contributed by atoms with Gasteiger partial charge in [0.2, 0.25) is 11.6 Å². The zero-order valence-corrected chi connectivity index (χ0v) is 19.7. The molecule has 1 aromatic heterocycles. The molecule has 0 radical (unpaired) electrons. The number of oxazole rings is 1. The summed E-state index contributed by atoms with van der Waals surface area (Å²) in [6, 6.07) is 19.9. The molecular formula is C28H32N4O2. The van der Waals surface area contributed by atoms with Crippen molar-refractivity contribution in [2.45, 2.75) is 64.4 Å².